The third-order valence-electron chi connectivity index (χ3n) is 3.71. The molecule has 2 aliphatic rings. The van der Waals surface area contributed by atoms with E-state index in [9.17, 15) is 14.7 Å². The van der Waals surface area contributed by atoms with E-state index in [0.717, 1.165) is 19.1 Å². The molecule has 0 aliphatic heterocycles. The molecule has 2 N–H and O–H groups in total. The molecule has 0 aromatic heterocycles. The van der Waals surface area contributed by atoms with Crippen molar-refractivity contribution in [1.29, 1.82) is 0 Å². The van der Waals surface area contributed by atoms with Crippen LogP contribution in [-0.2, 0) is 9.59 Å². The number of carbonyl (C=O) groups excluding carboxylic acids is 2. The maximum Gasteiger partial charge on any atom is 0.257 e. The molecule has 24 heavy (non-hydrogen) atoms. The molecule has 0 radical (unpaired) electrons. The Morgan fingerprint density at radius 1 is 1.38 bits per heavy atom. The number of nitrogens with zero attached hydrogens (tertiary/aromatic N) is 2. The van der Waals surface area contributed by atoms with Gasteiger partial charge in [-0.1, -0.05) is 12.2 Å². The van der Waals surface area contributed by atoms with E-state index < -0.39 is 0 Å². The highest BCUT2D eigenvalue weighted by atomic mass is 16.3. The molecule has 1 unspecified atom stereocenters. The van der Waals surface area contributed by atoms with Crippen LogP contribution < -0.4 is 5.32 Å². The van der Waals surface area contributed by atoms with E-state index >= 15 is 0 Å². The topological polar surface area (TPSA) is 82.0 Å². The minimum absolute atomic E-state index is 0.0144. The summed E-state index contributed by atoms with van der Waals surface area (Å²) in [6.45, 7) is 0.682. The number of nitrogens with one attached hydrogen (secondary N) is 1. The van der Waals surface area contributed by atoms with Crippen molar-refractivity contribution in [3.05, 3.63) is 47.0 Å². The molecule has 0 saturated carbocycles. The van der Waals surface area contributed by atoms with Crippen LogP contribution in [0.1, 0.15) is 19.3 Å². The smallest absolute Gasteiger partial charge is 0.257 e. The summed E-state index contributed by atoms with van der Waals surface area (Å²) in [5.41, 5.74) is 1.39. The Morgan fingerprint density at radius 2 is 2.12 bits per heavy atom. The summed E-state index contributed by atoms with van der Waals surface area (Å²) < 4.78 is 0. The summed E-state index contributed by atoms with van der Waals surface area (Å²) >= 11 is 0. The van der Waals surface area contributed by atoms with Crippen molar-refractivity contribution in [2.24, 2.45) is 10.9 Å². The fourth-order valence-electron chi connectivity index (χ4n) is 2.41. The molecule has 6 nitrogen and oxygen atoms in total. The third-order valence-corrected chi connectivity index (χ3v) is 3.71. The van der Waals surface area contributed by atoms with Crippen LogP contribution in [0, 0.1) is 5.92 Å². The van der Waals surface area contributed by atoms with E-state index in [2.05, 4.69) is 10.3 Å². The minimum Gasteiger partial charge on any atom is -0.506 e. The quantitative estimate of drug-likeness (QED) is 0.576. The number of amides is 1. The van der Waals surface area contributed by atoms with Crippen molar-refractivity contribution >= 4 is 18.4 Å². The normalized spacial score (nSPS) is 21.0. The van der Waals surface area contributed by atoms with Gasteiger partial charge in [0.25, 0.3) is 5.91 Å². The number of hydrogen-bond donors (Lipinski definition) is 2. The van der Waals surface area contributed by atoms with E-state index in [-0.39, 0.29) is 23.3 Å². The van der Waals surface area contributed by atoms with Crippen molar-refractivity contribution < 1.29 is 14.7 Å². The summed E-state index contributed by atoms with van der Waals surface area (Å²) in [6.07, 6.45) is 11.5. The SMILES string of the molecule is CN(C)CC=NC1=CCCC=C1C(=O)NC1=CC(C=O)CC=C1O. The molecular formula is C18H23N3O3. The van der Waals surface area contributed by atoms with Crippen LogP contribution in [0.4, 0.5) is 0 Å². The Bertz CT molecular complexity index is 654. The lowest BCUT2D eigenvalue weighted by Gasteiger charge is -2.18. The van der Waals surface area contributed by atoms with E-state index in [1.54, 1.807) is 12.3 Å². The van der Waals surface area contributed by atoms with Gasteiger partial charge in [0.1, 0.15) is 12.0 Å². The predicted octanol–water partition coefficient (Wildman–Crippen LogP) is 1.88. The van der Waals surface area contributed by atoms with Crippen LogP contribution >= 0.6 is 0 Å². The van der Waals surface area contributed by atoms with Crippen molar-refractivity contribution in [3.8, 4) is 0 Å². The highest BCUT2D eigenvalue weighted by Crippen LogP contribution is 2.22. The molecule has 0 saturated heterocycles. The number of aliphatic hydroxyl groups excluding tert-OH is 1. The van der Waals surface area contributed by atoms with Gasteiger partial charge in [-0.05, 0) is 45.5 Å². The number of aldehydes is 1. The molecule has 0 aromatic rings. The van der Waals surface area contributed by atoms with Gasteiger partial charge < -0.3 is 20.1 Å². The van der Waals surface area contributed by atoms with Crippen molar-refractivity contribution in [1.82, 2.24) is 10.2 Å². The summed E-state index contributed by atoms with van der Waals surface area (Å²) in [7, 11) is 3.89. The molecule has 2 aliphatic carbocycles. The fourth-order valence-corrected chi connectivity index (χ4v) is 2.41. The van der Waals surface area contributed by atoms with Crippen LogP contribution in [0.2, 0.25) is 0 Å². The van der Waals surface area contributed by atoms with Crippen molar-refractivity contribution in [2.45, 2.75) is 19.3 Å². The fraction of sp³-hybridized carbons (Fsp3) is 0.389. The first kappa shape index (κ1) is 17.9. The summed E-state index contributed by atoms with van der Waals surface area (Å²) in [6, 6.07) is 0. The standard InChI is InChI=1S/C18H23N3O3/c1-21(2)10-9-19-15-6-4-3-5-14(15)18(24)20-16-11-13(12-22)7-8-17(16)23/h5-6,8-9,11-13,23H,3-4,7,10H2,1-2H3,(H,20,24). The van der Waals surface area contributed by atoms with Gasteiger partial charge in [-0.25, -0.2) is 0 Å². The molecule has 128 valence electrons. The molecule has 2 rings (SSSR count). The number of carbonyl (C=O) groups is 2. The maximum atomic E-state index is 12.5. The van der Waals surface area contributed by atoms with E-state index in [0.29, 0.717) is 24.2 Å². The lowest BCUT2D eigenvalue weighted by molar-refractivity contribution is -0.116. The lowest BCUT2D eigenvalue weighted by Crippen LogP contribution is -2.28. The van der Waals surface area contributed by atoms with E-state index in [1.165, 1.54) is 6.08 Å². The van der Waals surface area contributed by atoms with Gasteiger partial charge in [-0.2, -0.15) is 0 Å². The Hall–Kier alpha value is -2.47. The molecule has 0 fully saturated rings. The zero-order chi connectivity index (χ0) is 17.5. The summed E-state index contributed by atoms with van der Waals surface area (Å²) in [5.74, 6) is -0.676. The first-order valence-corrected chi connectivity index (χ1v) is 7.97. The van der Waals surface area contributed by atoms with Crippen LogP contribution in [-0.4, -0.2) is 49.1 Å². The van der Waals surface area contributed by atoms with Crippen LogP contribution in [0.5, 0.6) is 0 Å². The molecule has 0 bridgehead atoms. The molecule has 0 heterocycles. The highest BCUT2D eigenvalue weighted by molar-refractivity contribution is 5.99. The monoisotopic (exact) mass is 329 g/mol. The largest absolute Gasteiger partial charge is 0.506 e. The highest BCUT2D eigenvalue weighted by Gasteiger charge is 2.21. The van der Waals surface area contributed by atoms with Crippen LogP contribution in [0.15, 0.2) is 52.0 Å². The number of hydrogen-bond acceptors (Lipinski definition) is 5. The third kappa shape index (κ3) is 4.76. The molecule has 0 spiro atoms. The Labute approximate surface area is 141 Å². The van der Waals surface area contributed by atoms with Crippen molar-refractivity contribution in [3.63, 3.8) is 0 Å². The second kappa shape index (κ2) is 8.40. The van der Waals surface area contributed by atoms with Gasteiger partial charge in [-0.15, -0.1) is 0 Å². The van der Waals surface area contributed by atoms with E-state index in [4.69, 9.17) is 0 Å². The summed E-state index contributed by atoms with van der Waals surface area (Å²) in [5, 5.41) is 12.6. The molecule has 1 atom stereocenters. The minimum atomic E-state index is -0.333. The average molecular weight is 329 g/mol. The first-order valence-electron chi connectivity index (χ1n) is 7.97. The van der Waals surface area contributed by atoms with Gasteiger partial charge in [-0.3, -0.25) is 9.79 Å². The molecular weight excluding hydrogens is 306 g/mol. The molecule has 1 amide bonds. The Kier molecular flexibility index (Phi) is 6.26. The number of rotatable bonds is 6. The maximum absolute atomic E-state index is 12.5. The second-order valence-corrected chi connectivity index (χ2v) is 6.02. The average Bonchev–Trinajstić information content (AvgIpc) is 2.57. The van der Waals surface area contributed by atoms with Crippen LogP contribution in [0.25, 0.3) is 0 Å². The number of aliphatic hydroxyl groups is 1. The van der Waals surface area contributed by atoms with Gasteiger partial charge in [0.05, 0.1) is 17.0 Å². The zero-order valence-corrected chi connectivity index (χ0v) is 14.0. The Morgan fingerprint density at radius 3 is 2.83 bits per heavy atom. The van der Waals surface area contributed by atoms with Gasteiger partial charge in [0, 0.05) is 18.7 Å². The number of aliphatic imine (C=N–C) groups is 1. The van der Waals surface area contributed by atoms with Crippen LogP contribution in [0.3, 0.4) is 0 Å². The van der Waals surface area contributed by atoms with E-state index in [1.807, 2.05) is 31.1 Å². The summed E-state index contributed by atoms with van der Waals surface area (Å²) in [4.78, 5) is 29.8. The predicted molar refractivity (Wildman–Crippen MR) is 93.6 cm³/mol. The van der Waals surface area contributed by atoms with Gasteiger partial charge in [0.2, 0.25) is 0 Å². The zero-order valence-electron chi connectivity index (χ0n) is 14.0. The van der Waals surface area contributed by atoms with Gasteiger partial charge >= 0.3 is 0 Å². The second-order valence-electron chi connectivity index (χ2n) is 6.02. The molecule has 0 aromatic carbocycles. The van der Waals surface area contributed by atoms with Gasteiger partial charge in [0.15, 0.2) is 0 Å². The lowest BCUT2D eigenvalue weighted by atomic mass is 9.98. The molecule has 6 heteroatoms. The number of allylic oxidation sites excluding steroid dienone is 4. The Balaban J connectivity index is 2.10. The first-order chi connectivity index (χ1) is 11.5. The van der Waals surface area contributed by atoms with Crippen molar-refractivity contribution in [2.75, 3.05) is 20.6 Å².